The van der Waals surface area contributed by atoms with Crippen LogP contribution in [-0.2, 0) is 0 Å². The molecule has 0 spiro atoms. The van der Waals surface area contributed by atoms with E-state index in [1.807, 2.05) is 54.6 Å². The molecule has 1 N–H and O–H groups in total. The minimum Gasteiger partial charge on any atom is -0.506 e. The van der Waals surface area contributed by atoms with Gasteiger partial charge in [-0.1, -0.05) is 61.2 Å². The number of nitrogens with zero attached hydrogens (tertiary/aromatic N) is 2. The number of para-hydroxylation sites is 1. The van der Waals surface area contributed by atoms with Crippen LogP contribution >= 0.6 is 0 Å². The molecule has 25 heavy (non-hydrogen) atoms. The van der Waals surface area contributed by atoms with Gasteiger partial charge in [0.1, 0.15) is 29.5 Å². The molecule has 0 fully saturated rings. The van der Waals surface area contributed by atoms with Crippen LogP contribution in [0, 0.1) is 0 Å². The first-order valence-electron chi connectivity index (χ1n) is 7.91. The lowest BCUT2D eigenvalue weighted by atomic mass is 10.1. The maximum Gasteiger partial charge on any atom is 0.147 e. The highest BCUT2D eigenvalue weighted by Crippen LogP contribution is 2.34. The van der Waals surface area contributed by atoms with Gasteiger partial charge in [-0.25, -0.2) is 0 Å². The number of rotatable bonds is 6. The smallest absolute Gasteiger partial charge is 0.147 e. The molecule has 3 aromatic rings. The summed E-state index contributed by atoms with van der Waals surface area (Å²) in [6, 6.07) is 22.5. The second-order valence-corrected chi connectivity index (χ2v) is 5.34. The van der Waals surface area contributed by atoms with Gasteiger partial charge in [0.05, 0.1) is 0 Å². The van der Waals surface area contributed by atoms with Gasteiger partial charge in [-0.2, -0.15) is 0 Å². The zero-order valence-electron chi connectivity index (χ0n) is 13.7. The SMILES string of the molecule is C=CCOc1ccccc1N=Nc1cc(-c2ccccc2)ccc1O. The third-order valence-electron chi connectivity index (χ3n) is 3.57. The Morgan fingerprint density at radius 1 is 0.840 bits per heavy atom. The Balaban J connectivity index is 1.90. The quantitative estimate of drug-likeness (QED) is 0.442. The van der Waals surface area contributed by atoms with E-state index in [0.717, 1.165) is 11.1 Å². The Kier molecular flexibility index (Phi) is 5.22. The van der Waals surface area contributed by atoms with Crippen LogP contribution in [0.4, 0.5) is 11.4 Å². The van der Waals surface area contributed by atoms with E-state index in [4.69, 9.17) is 4.74 Å². The molecule has 0 radical (unpaired) electrons. The molecule has 3 rings (SSSR count). The molecule has 0 aliphatic heterocycles. The average Bonchev–Trinajstić information content (AvgIpc) is 2.67. The first-order valence-corrected chi connectivity index (χ1v) is 7.91. The van der Waals surface area contributed by atoms with Crippen molar-refractivity contribution in [1.29, 1.82) is 0 Å². The fraction of sp³-hybridized carbons (Fsp3) is 0.0476. The second kappa shape index (κ2) is 7.93. The largest absolute Gasteiger partial charge is 0.506 e. The number of hydrogen-bond donors (Lipinski definition) is 1. The van der Waals surface area contributed by atoms with Crippen molar-refractivity contribution >= 4 is 11.4 Å². The Labute approximate surface area is 146 Å². The molecule has 124 valence electrons. The molecule has 0 amide bonds. The van der Waals surface area contributed by atoms with Crippen LogP contribution in [0.2, 0.25) is 0 Å². The minimum absolute atomic E-state index is 0.0768. The second-order valence-electron chi connectivity index (χ2n) is 5.34. The van der Waals surface area contributed by atoms with E-state index < -0.39 is 0 Å². The summed E-state index contributed by atoms with van der Waals surface area (Å²) in [5, 5.41) is 18.5. The van der Waals surface area contributed by atoms with E-state index >= 15 is 0 Å². The van der Waals surface area contributed by atoms with Crippen molar-refractivity contribution in [2.75, 3.05) is 6.61 Å². The lowest BCUT2D eigenvalue weighted by Gasteiger charge is -2.06. The Hall–Kier alpha value is -3.40. The zero-order valence-corrected chi connectivity index (χ0v) is 13.7. The monoisotopic (exact) mass is 330 g/mol. The maximum atomic E-state index is 10.1. The van der Waals surface area contributed by atoms with Crippen LogP contribution in [0.3, 0.4) is 0 Å². The summed E-state index contributed by atoms with van der Waals surface area (Å²) in [6.07, 6.45) is 1.67. The van der Waals surface area contributed by atoms with Crippen molar-refractivity contribution in [2.45, 2.75) is 0 Å². The third-order valence-corrected chi connectivity index (χ3v) is 3.57. The molecule has 0 aliphatic rings. The van der Waals surface area contributed by atoms with Crippen LogP contribution in [-0.4, -0.2) is 11.7 Å². The van der Waals surface area contributed by atoms with Gasteiger partial charge < -0.3 is 9.84 Å². The molecule has 0 unspecified atom stereocenters. The molecule has 0 atom stereocenters. The molecule has 0 aliphatic carbocycles. The number of ether oxygens (including phenoxy) is 1. The van der Waals surface area contributed by atoms with Gasteiger partial charge in [0.2, 0.25) is 0 Å². The molecule has 0 saturated carbocycles. The van der Waals surface area contributed by atoms with Gasteiger partial charge in [0.15, 0.2) is 0 Å². The topological polar surface area (TPSA) is 54.2 Å². The summed E-state index contributed by atoms with van der Waals surface area (Å²) >= 11 is 0. The standard InChI is InChI=1S/C21H18N2O2/c1-2-14-25-21-11-7-6-10-18(21)22-23-19-15-17(12-13-20(19)24)16-8-4-3-5-9-16/h2-13,15,24H,1,14H2. The Morgan fingerprint density at radius 3 is 2.36 bits per heavy atom. The molecule has 4 nitrogen and oxygen atoms in total. The van der Waals surface area contributed by atoms with Gasteiger partial charge in [0, 0.05) is 0 Å². The molecule has 3 aromatic carbocycles. The van der Waals surface area contributed by atoms with Crippen LogP contribution < -0.4 is 4.74 Å². The van der Waals surface area contributed by atoms with Crippen LogP contribution in [0.5, 0.6) is 11.5 Å². The average molecular weight is 330 g/mol. The van der Waals surface area contributed by atoms with Crippen LogP contribution in [0.25, 0.3) is 11.1 Å². The van der Waals surface area contributed by atoms with Crippen molar-refractivity contribution in [3.05, 3.63) is 85.5 Å². The molecular formula is C21H18N2O2. The van der Waals surface area contributed by atoms with Crippen molar-refractivity contribution in [1.82, 2.24) is 0 Å². The van der Waals surface area contributed by atoms with Crippen molar-refractivity contribution in [3.8, 4) is 22.6 Å². The number of phenolic OH excluding ortho intramolecular Hbond substituents is 1. The van der Waals surface area contributed by atoms with Crippen molar-refractivity contribution in [2.24, 2.45) is 10.2 Å². The summed E-state index contributed by atoms with van der Waals surface area (Å²) in [6.45, 7) is 4.03. The molecule has 0 bridgehead atoms. The summed E-state index contributed by atoms with van der Waals surface area (Å²) in [4.78, 5) is 0. The summed E-state index contributed by atoms with van der Waals surface area (Å²) in [5.41, 5.74) is 3.01. The highest BCUT2D eigenvalue weighted by atomic mass is 16.5. The lowest BCUT2D eigenvalue weighted by molar-refractivity contribution is 0.364. The highest BCUT2D eigenvalue weighted by molar-refractivity contribution is 5.70. The van der Waals surface area contributed by atoms with Gasteiger partial charge in [-0.05, 0) is 35.4 Å². The minimum atomic E-state index is 0.0768. The van der Waals surface area contributed by atoms with Gasteiger partial charge in [-0.15, -0.1) is 10.2 Å². The number of hydrogen-bond acceptors (Lipinski definition) is 4. The van der Waals surface area contributed by atoms with E-state index in [1.165, 1.54) is 0 Å². The number of aromatic hydroxyl groups is 1. The maximum absolute atomic E-state index is 10.1. The first kappa shape index (κ1) is 16.5. The summed E-state index contributed by atoms with van der Waals surface area (Å²) in [5.74, 6) is 0.692. The molecular weight excluding hydrogens is 312 g/mol. The van der Waals surface area contributed by atoms with E-state index in [0.29, 0.717) is 23.7 Å². The zero-order chi connectivity index (χ0) is 17.5. The number of benzene rings is 3. The van der Waals surface area contributed by atoms with Crippen LogP contribution in [0.1, 0.15) is 0 Å². The summed E-state index contributed by atoms with van der Waals surface area (Å²) < 4.78 is 5.56. The Morgan fingerprint density at radius 2 is 1.56 bits per heavy atom. The van der Waals surface area contributed by atoms with Gasteiger partial charge in [-0.3, -0.25) is 0 Å². The van der Waals surface area contributed by atoms with E-state index in [9.17, 15) is 5.11 Å². The van der Waals surface area contributed by atoms with E-state index in [2.05, 4.69) is 16.8 Å². The molecule has 0 saturated heterocycles. The van der Waals surface area contributed by atoms with Gasteiger partial charge >= 0.3 is 0 Å². The van der Waals surface area contributed by atoms with Crippen molar-refractivity contribution in [3.63, 3.8) is 0 Å². The van der Waals surface area contributed by atoms with E-state index in [-0.39, 0.29) is 5.75 Å². The Bertz CT molecular complexity index is 889. The van der Waals surface area contributed by atoms with E-state index in [1.54, 1.807) is 24.3 Å². The normalized spacial score (nSPS) is 10.7. The number of phenols is 1. The predicted octanol–water partition coefficient (Wildman–Crippen LogP) is 6.04. The number of azo groups is 1. The van der Waals surface area contributed by atoms with Crippen molar-refractivity contribution < 1.29 is 9.84 Å². The summed E-state index contributed by atoms with van der Waals surface area (Å²) in [7, 11) is 0. The van der Waals surface area contributed by atoms with Crippen LogP contribution in [0.15, 0.2) is 95.7 Å². The predicted molar refractivity (Wildman–Crippen MR) is 99.9 cm³/mol. The first-order chi connectivity index (χ1) is 12.3. The fourth-order valence-corrected chi connectivity index (χ4v) is 2.33. The molecule has 0 aromatic heterocycles. The van der Waals surface area contributed by atoms with Gasteiger partial charge in [0.25, 0.3) is 0 Å². The lowest BCUT2D eigenvalue weighted by Crippen LogP contribution is -1.92. The fourth-order valence-electron chi connectivity index (χ4n) is 2.33. The highest BCUT2D eigenvalue weighted by Gasteiger charge is 2.05. The third kappa shape index (κ3) is 4.12. The molecule has 4 heteroatoms. The molecule has 0 heterocycles.